The molecule has 0 saturated carbocycles. The fourth-order valence-corrected chi connectivity index (χ4v) is 0.796. The lowest BCUT2D eigenvalue weighted by Gasteiger charge is -2.15. The number of carbonyl (C=O) groups excluding carboxylic acids is 1. The van der Waals surface area contributed by atoms with Gasteiger partial charge >= 0.3 is 5.97 Å². The second-order valence-corrected chi connectivity index (χ2v) is 4.54. The molecule has 0 heterocycles. The van der Waals surface area contributed by atoms with Crippen molar-refractivity contribution in [2.24, 2.45) is 5.41 Å². The third kappa shape index (κ3) is 8.04. The standard InChI is InChI=1S/C8H16O2.C6H6/c1-5-6-10-7(9)8(2,3)4;1-2-4-6-5-3-1/h5-6H2,1-4H3;1-6H. The third-order valence-electron chi connectivity index (χ3n) is 1.72. The van der Waals surface area contributed by atoms with Gasteiger partial charge in [-0.1, -0.05) is 43.3 Å². The van der Waals surface area contributed by atoms with E-state index in [1.807, 2.05) is 64.1 Å². The lowest BCUT2D eigenvalue weighted by Crippen LogP contribution is -2.23. The molecule has 0 amide bonds. The van der Waals surface area contributed by atoms with E-state index < -0.39 is 0 Å². The first-order valence-electron chi connectivity index (χ1n) is 5.65. The van der Waals surface area contributed by atoms with Crippen LogP contribution in [-0.2, 0) is 9.53 Å². The van der Waals surface area contributed by atoms with Crippen LogP contribution in [0.25, 0.3) is 0 Å². The highest BCUT2D eigenvalue weighted by atomic mass is 16.5. The first-order valence-corrected chi connectivity index (χ1v) is 5.65. The van der Waals surface area contributed by atoms with Crippen LogP contribution in [-0.4, -0.2) is 12.6 Å². The lowest BCUT2D eigenvalue weighted by molar-refractivity contribution is -0.152. The summed E-state index contributed by atoms with van der Waals surface area (Å²) in [4.78, 5) is 11.0. The summed E-state index contributed by atoms with van der Waals surface area (Å²) in [5, 5.41) is 0. The minimum absolute atomic E-state index is 0.116. The van der Waals surface area contributed by atoms with E-state index in [-0.39, 0.29) is 11.4 Å². The Morgan fingerprint density at radius 1 is 1.00 bits per heavy atom. The molecule has 1 rings (SSSR count). The van der Waals surface area contributed by atoms with E-state index in [1.54, 1.807) is 0 Å². The molecule has 90 valence electrons. The fourth-order valence-electron chi connectivity index (χ4n) is 0.796. The Balaban J connectivity index is 0.000000315. The molecule has 16 heavy (non-hydrogen) atoms. The van der Waals surface area contributed by atoms with Gasteiger partial charge in [0.1, 0.15) is 0 Å². The van der Waals surface area contributed by atoms with Gasteiger partial charge in [0.25, 0.3) is 0 Å². The number of hydrogen-bond acceptors (Lipinski definition) is 2. The van der Waals surface area contributed by atoms with Crippen molar-refractivity contribution in [3.05, 3.63) is 36.4 Å². The highest BCUT2D eigenvalue weighted by molar-refractivity contribution is 5.75. The number of benzene rings is 1. The molecule has 0 aliphatic heterocycles. The van der Waals surface area contributed by atoms with Gasteiger partial charge in [-0.05, 0) is 27.2 Å². The predicted octanol–water partition coefficient (Wildman–Crippen LogP) is 3.67. The second-order valence-electron chi connectivity index (χ2n) is 4.54. The van der Waals surface area contributed by atoms with Crippen molar-refractivity contribution < 1.29 is 9.53 Å². The van der Waals surface area contributed by atoms with Gasteiger partial charge in [-0.3, -0.25) is 4.79 Å². The molecule has 2 nitrogen and oxygen atoms in total. The zero-order chi connectivity index (χ0) is 12.4. The molecule has 2 heteroatoms. The van der Waals surface area contributed by atoms with E-state index in [0.717, 1.165) is 6.42 Å². The summed E-state index contributed by atoms with van der Waals surface area (Å²) in [6, 6.07) is 12.0. The molecule has 0 atom stereocenters. The van der Waals surface area contributed by atoms with E-state index in [2.05, 4.69) is 0 Å². The Morgan fingerprint density at radius 2 is 1.38 bits per heavy atom. The molecule has 0 radical (unpaired) electrons. The van der Waals surface area contributed by atoms with E-state index in [0.29, 0.717) is 6.61 Å². The molecular formula is C14H22O2. The summed E-state index contributed by atoms with van der Waals surface area (Å²) in [5.74, 6) is -0.116. The molecule has 0 saturated heterocycles. The van der Waals surface area contributed by atoms with Crippen LogP contribution in [0.1, 0.15) is 34.1 Å². The minimum atomic E-state index is -0.352. The van der Waals surface area contributed by atoms with Crippen molar-refractivity contribution in [2.45, 2.75) is 34.1 Å². The Morgan fingerprint density at radius 3 is 1.62 bits per heavy atom. The zero-order valence-electron chi connectivity index (χ0n) is 10.7. The monoisotopic (exact) mass is 222 g/mol. The van der Waals surface area contributed by atoms with Crippen LogP contribution in [0.4, 0.5) is 0 Å². The number of esters is 1. The van der Waals surface area contributed by atoms with Crippen molar-refractivity contribution in [3.63, 3.8) is 0 Å². The number of hydrogen-bond donors (Lipinski definition) is 0. The summed E-state index contributed by atoms with van der Waals surface area (Å²) >= 11 is 0. The van der Waals surface area contributed by atoms with Crippen LogP contribution < -0.4 is 0 Å². The lowest BCUT2D eigenvalue weighted by atomic mass is 9.97. The largest absolute Gasteiger partial charge is 0.465 e. The van der Waals surface area contributed by atoms with Gasteiger partial charge in [-0.2, -0.15) is 0 Å². The molecule has 0 spiro atoms. The zero-order valence-corrected chi connectivity index (χ0v) is 10.7. The SMILES string of the molecule is CCCOC(=O)C(C)(C)C.c1ccccc1. The smallest absolute Gasteiger partial charge is 0.311 e. The minimum Gasteiger partial charge on any atom is -0.465 e. The normalized spacial score (nSPS) is 10.0. The van der Waals surface area contributed by atoms with E-state index in [1.165, 1.54) is 0 Å². The molecule has 1 aromatic rings. The van der Waals surface area contributed by atoms with Gasteiger partial charge in [0.15, 0.2) is 0 Å². The second kappa shape index (κ2) is 7.91. The third-order valence-corrected chi connectivity index (χ3v) is 1.72. The summed E-state index contributed by atoms with van der Waals surface area (Å²) in [7, 11) is 0. The van der Waals surface area contributed by atoms with E-state index >= 15 is 0 Å². The molecule has 0 fully saturated rings. The average molecular weight is 222 g/mol. The number of rotatable bonds is 2. The molecule has 0 unspecified atom stereocenters. The summed E-state index contributed by atoms with van der Waals surface area (Å²) in [6.07, 6.45) is 0.891. The molecular weight excluding hydrogens is 200 g/mol. The maximum atomic E-state index is 11.0. The summed E-state index contributed by atoms with van der Waals surface area (Å²) in [6.45, 7) is 8.08. The molecule has 1 aromatic carbocycles. The van der Waals surface area contributed by atoms with Crippen molar-refractivity contribution in [1.29, 1.82) is 0 Å². The van der Waals surface area contributed by atoms with Crippen LogP contribution in [0.15, 0.2) is 36.4 Å². The van der Waals surface area contributed by atoms with E-state index in [9.17, 15) is 4.79 Å². The van der Waals surface area contributed by atoms with Gasteiger partial charge in [0, 0.05) is 0 Å². The van der Waals surface area contributed by atoms with Crippen LogP contribution in [0.5, 0.6) is 0 Å². The molecule has 0 aliphatic rings. The Labute approximate surface area is 98.6 Å². The van der Waals surface area contributed by atoms with Crippen molar-refractivity contribution >= 4 is 5.97 Å². The maximum absolute atomic E-state index is 11.0. The van der Waals surface area contributed by atoms with Crippen LogP contribution in [0.2, 0.25) is 0 Å². The van der Waals surface area contributed by atoms with E-state index in [4.69, 9.17) is 4.74 Å². The molecule has 0 bridgehead atoms. The summed E-state index contributed by atoms with van der Waals surface area (Å²) < 4.78 is 4.92. The van der Waals surface area contributed by atoms with Crippen molar-refractivity contribution in [2.75, 3.05) is 6.61 Å². The maximum Gasteiger partial charge on any atom is 0.311 e. The van der Waals surface area contributed by atoms with Gasteiger partial charge in [-0.15, -0.1) is 0 Å². The highest BCUT2D eigenvalue weighted by Crippen LogP contribution is 2.14. The van der Waals surface area contributed by atoms with Crippen LogP contribution in [0, 0.1) is 5.41 Å². The summed E-state index contributed by atoms with van der Waals surface area (Å²) in [5.41, 5.74) is -0.352. The Bertz CT molecular complexity index is 246. The Hall–Kier alpha value is -1.31. The molecule has 0 aromatic heterocycles. The number of carbonyl (C=O) groups is 1. The average Bonchev–Trinajstić information content (AvgIpc) is 2.28. The van der Waals surface area contributed by atoms with Crippen molar-refractivity contribution in [1.82, 2.24) is 0 Å². The quantitative estimate of drug-likeness (QED) is 0.714. The Kier molecular flexibility index (Phi) is 7.27. The fraction of sp³-hybridized carbons (Fsp3) is 0.500. The molecule has 0 N–H and O–H groups in total. The van der Waals surface area contributed by atoms with Gasteiger partial charge in [0.05, 0.1) is 12.0 Å². The number of ether oxygens (including phenoxy) is 1. The first kappa shape index (κ1) is 14.7. The van der Waals surface area contributed by atoms with Gasteiger partial charge < -0.3 is 4.74 Å². The van der Waals surface area contributed by atoms with Gasteiger partial charge in [0.2, 0.25) is 0 Å². The van der Waals surface area contributed by atoms with Crippen LogP contribution >= 0.6 is 0 Å². The topological polar surface area (TPSA) is 26.3 Å². The molecule has 0 aliphatic carbocycles. The van der Waals surface area contributed by atoms with Crippen LogP contribution in [0.3, 0.4) is 0 Å². The van der Waals surface area contributed by atoms with Crippen molar-refractivity contribution in [3.8, 4) is 0 Å². The highest BCUT2D eigenvalue weighted by Gasteiger charge is 2.22. The predicted molar refractivity (Wildman–Crippen MR) is 67.1 cm³/mol. The first-order chi connectivity index (χ1) is 7.48. The van der Waals surface area contributed by atoms with Gasteiger partial charge in [-0.25, -0.2) is 0 Å².